The molecule has 102 valence electrons. The molecule has 0 spiro atoms. The van der Waals surface area contributed by atoms with E-state index in [0.717, 1.165) is 11.4 Å². The van der Waals surface area contributed by atoms with Gasteiger partial charge in [0.05, 0.1) is 18.4 Å². The van der Waals surface area contributed by atoms with E-state index in [1.54, 1.807) is 14.0 Å². The van der Waals surface area contributed by atoms with Crippen molar-refractivity contribution in [3.8, 4) is 0 Å². The summed E-state index contributed by atoms with van der Waals surface area (Å²) in [5, 5.41) is 13.1. The van der Waals surface area contributed by atoms with Crippen LogP contribution in [0.25, 0.3) is 0 Å². The van der Waals surface area contributed by atoms with Crippen LogP contribution in [-0.2, 0) is 11.3 Å². The van der Waals surface area contributed by atoms with E-state index in [4.69, 9.17) is 4.74 Å². The van der Waals surface area contributed by atoms with E-state index in [1.807, 2.05) is 6.92 Å². The van der Waals surface area contributed by atoms with Crippen LogP contribution in [-0.4, -0.2) is 35.8 Å². The van der Waals surface area contributed by atoms with Crippen molar-refractivity contribution in [3.05, 3.63) is 15.6 Å². The van der Waals surface area contributed by atoms with Crippen LogP contribution in [0, 0.1) is 6.92 Å². The first kappa shape index (κ1) is 15.1. The minimum absolute atomic E-state index is 0.178. The number of amides is 1. The molecule has 6 heteroatoms. The van der Waals surface area contributed by atoms with Crippen LogP contribution in [0.3, 0.4) is 0 Å². The largest absolute Gasteiger partial charge is 0.391 e. The van der Waals surface area contributed by atoms with Crippen LogP contribution < -0.4 is 5.32 Å². The standard InChI is InChI=1S/C12H20N2O3S/c1-4-5-9(15)6-13-12(16)11-8(2)14-10(18-11)7-17-3/h9,15H,4-7H2,1-3H3,(H,13,16). The van der Waals surface area contributed by atoms with Gasteiger partial charge < -0.3 is 15.2 Å². The number of aliphatic hydroxyl groups is 1. The van der Waals surface area contributed by atoms with Gasteiger partial charge in [-0.25, -0.2) is 4.98 Å². The average Bonchev–Trinajstić information content (AvgIpc) is 2.68. The Balaban J connectivity index is 2.55. The molecule has 1 rings (SSSR count). The van der Waals surface area contributed by atoms with Gasteiger partial charge in [-0.3, -0.25) is 4.79 Å². The quantitative estimate of drug-likeness (QED) is 0.789. The van der Waals surface area contributed by atoms with Crippen molar-refractivity contribution in [2.24, 2.45) is 0 Å². The predicted octanol–water partition coefficient (Wildman–Crippen LogP) is 1.49. The van der Waals surface area contributed by atoms with Gasteiger partial charge in [-0.05, 0) is 13.3 Å². The molecule has 0 aliphatic heterocycles. The Labute approximate surface area is 111 Å². The number of nitrogens with one attached hydrogen (secondary N) is 1. The Morgan fingerprint density at radius 3 is 2.94 bits per heavy atom. The SMILES string of the molecule is CCCC(O)CNC(=O)c1sc(COC)nc1C. The zero-order chi connectivity index (χ0) is 13.5. The maximum Gasteiger partial charge on any atom is 0.263 e. The molecule has 1 amide bonds. The summed E-state index contributed by atoms with van der Waals surface area (Å²) in [6.45, 7) is 4.49. The number of thiazole rings is 1. The molecule has 2 N–H and O–H groups in total. The number of aromatic nitrogens is 1. The zero-order valence-corrected chi connectivity index (χ0v) is 11.8. The van der Waals surface area contributed by atoms with Crippen molar-refractivity contribution in [1.82, 2.24) is 10.3 Å². The summed E-state index contributed by atoms with van der Waals surface area (Å²) in [5.41, 5.74) is 0.703. The van der Waals surface area contributed by atoms with Gasteiger partial charge >= 0.3 is 0 Å². The molecular formula is C12H20N2O3S. The molecule has 1 atom stereocenters. The fourth-order valence-electron chi connectivity index (χ4n) is 1.57. The van der Waals surface area contributed by atoms with Gasteiger partial charge in [0.1, 0.15) is 9.88 Å². The number of carbonyl (C=O) groups excluding carboxylic acids is 1. The molecule has 0 aliphatic carbocycles. The first-order valence-electron chi connectivity index (χ1n) is 6.00. The van der Waals surface area contributed by atoms with Crippen molar-refractivity contribution < 1.29 is 14.6 Å². The van der Waals surface area contributed by atoms with Crippen LogP contribution in [0.2, 0.25) is 0 Å². The van der Waals surface area contributed by atoms with Crippen molar-refractivity contribution in [1.29, 1.82) is 0 Å². The van der Waals surface area contributed by atoms with Gasteiger partial charge in [-0.2, -0.15) is 0 Å². The molecular weight excluding hydrogens is 252 g/mol. The molecule has 0 aliphatic rings. The molecule has 18 heavy (non-hydrogen) atoms. The number of ether oxygens (including phenoxy) is 1. The van der Waals surface area contributed by atoms with Crippen LogP contribution in [0.15, 0.2) is 0 Å². The van der Waals surface area contributed by atoms with Gasteiger partial charge in [-0.15, -0.1) is 11.3 Å². The summed E-state index contributed by atoms with van der Waals surface area (Å²) in [6, 6.07) is 0. The molecule has 0 aromatic carbocycles. The van der Waals surface area contributed by atoms with E-state index in [1.165, 1.54) is 11.3 Å². The topological polar surface area (TPSA) is 71.5 Å². The van der Waals surface area contributed by atoms with E-state index >= 15 is 0 Å². The second-order valence-corrected chi connectivity index (χ2v) is 5.19. The number of hydrogen-bond donors (Lipinski definition) is 2. The average molecular weight is 272 g/mol. The van der Waals surface area contributed by atoms with Gasteiger partial charge in [0.25, 0.3) is 5.91 Å². The van der Waals surface area contributed by atoms with E-state index in [0.29, 0.717) is 23.6 Å². The molecule has 1 aromatic heterocycles. The highest BCUT2D eigenvalue weighted by Gasteiger charge is 2.15. The lowest BCUT2D eigenvalue weighted by Gasteiger charge is -2.09. The first-order valence-corrected chi connectivity index (χ1v) is 6.81. The van der Waals surface area contributed by atoms with Gasteiger partial charge in [0.15, 0.2) is 0 Å². The highest BCUT2D eigenvalue weighted by molar-refractivity contribution is 7.13. The molecule has 0 saturated carbocycles. The monoisotopic (exact) mass is 272 g/mol. The van der Waals surface area contributed by atoms with Gasteiger partial charge in [-0.1, -0.05) is 13.3 Å². The highest BCUT2D eigenvalue weighted by Crippen LogP contribution is 2.18. The van der Waals surface area contributed by atoms with E-state index < -0.39 is 6.10 Å². The summed E-state index contributed by atoms with van der Waals surface area (Å²) in [5.74, 6) is -0.178. The van der Waals surface area contributed by atoms with Crippen LogP contribution in [0.5, 0.6) is 0 Å². The van der Waals surface area contributed by atoms with Gasteiger partial charge in [0.2, 0.25) is 0 Å². The number of hydrogen-bond acceptors (Lipinski definition) is 5. The van der Waals surface area contributed by atoms with Crippen LogP contribution in [0.1, 0.15) is 40.1 Å². The summed E-state index contributed by atoms with van der Waals surface area (Å²) >= 11 is 1.33. The molecule has 0 fully saturated rings. The maximum absolute atomic E-state index is 11.9. The maximum atomic E-state index is 11.9. The van der Waals surface area contributed by atoms with Crippen molar-refractivity contribution in [3.63, 3.8) is 0 Å². The number of nitrogens with zero attached hydrogens (tertiary/aromatic N) is 1. The molecule has 0 saturated heterocycles. The third kappa shape index (κ3) is 4.36. The van der Waals surface area contributed by atoms with Crippen LogP contribution in [0.4, 0.5) is 0 Å². The fourth-order valence-corrected chi connectivity index (χ4v) is 2.53. The lowest BCUT2D eigenvalue weighted by Crippen LogP contribution is -2.31. The second-order valence-electron chi connectivity index (χ2n) is 4.11. The smallest absolute Gasteiger partial charge is 0.263 e. The number of aliphatic hydroxyl groups excluding tert-OH is 1. The molecule has 1 unspecified atom stereocenters. The first-order chi connectivity index (χ1) is 8.58. The lowest BCUT2D eigenvalue weighted by atomic mass is 10.2. The summed E-state index contributed by atoms with van der Waals surface area (Å²) < 4.78 is 4.98. The van der Waals surface area contributed by atoms with E-state index in [9.17, 15) is 9.90 Å². The molecule has 1 heterocycles. The number of carbonyl (C=O) groups is 1. The minimum atomic E-state index is -0.481. The Kier molecular flexibility index (Phi) is 6.24. The van der Waals surface area contributed by atoms with Crippen molar-refractivity contribution in [2.75, 3.05) is 13.7 Å². The van der Waals surface area contributed by atoms with Crippen LogP contribution >= 0.6 is 11.3 Å². The zero-order valence-electron chi connectivity index (χ0n) is 11.0. The molecule has 0 radical (unpaired) electrons. The van der Waals surface area contributed by atoms with E-state index in [2.05, 4.69) is 10.3 Å². The van der Waals surface area contributed by atoms with Crippen molar-refractivity contribution in [2.45, 2.75) is 39.4 Å². The Hall–Kier alpha value is -0.980. The van der Waals surface area contributed by atoms with Crippen molar-refractivity contribution >= 4 is 17.2 Å². The second kappa shape index (κ2) is 7.45. The number of methoxy groups -OCH3 is 1. The Morgan fingerprint density at radius 1 is 1.61 bits per heavy atom. The third-order valence-electron chi connectivity index (χ3n) is 2.44. The fraction of sp³-hybridized carbons (Fsp3) is 0.667. The number of aryl methyl sites for hydroxylation is 1. The normalized spacial score (nSPS) is 12.4. The Bertz CT molecular complexity index is 393. The lowest BCUT2D eigenvalue weighted by molar-refractivity contribution is 0.0913. The number of rotatable bonds is 7. The predicted molar refractivity (Wildman–Crippen MR) is 70.8 cm³/mol. The summed E-state index contributed by atoms with van der Waals surface area (Å²) in [4.78, 5) is 16.7. The molecule has 5 nitrogen and oxygen atoms in total. The van der Waals surface area contributed by atoms with Gasteiger partial charge in [0, 0.05) is 13.7 Å². The molecule has 1 aromatic rings. The molecule has 0 bridgehead atoms. The summed E-state index contributed by atoms with van der Waals surface area (Å²) in [7, 11) is 1.59. The van der Waals surface area contributed by atoms with E-state index in [-0.39, 0.29) is 12.5 Å². The highest BCUT2D eigenvalue weighted by atomic mass is 32.1. The minimum Gasteiger partial charge on any atom is -0.391 e. The third-order valence-corrected chi connectivity index (χ3v) is 3.56. The Morgan fingerprint density at radius 2 is 2.33 bits per heavy atom. The summed E-state index contributed by atoms with van der Waals surface area (Å²) in [6.07, 6.45) is 1.11.